The van der Waals surface area contributed by atoms with Crippen LogP contribution in [-0.4, -0.2) is 30.5 Å². The van der Waals surface area contributed by atoms with Gasteiger partial charge in [-0.1, -0.05) is 6.92 Å². The average Bonchev–Trinajstić information content (AvgIpc) is 2.45. The van der Waals surface area contributed by atoms with Crippen LogP contribution < -0.4 is 4.74 Å². The van der Waals surface area contributed by atoms with Gasteiger partial charge >= 0.3 is 0 Å². The zero-order valence-corrected chi connectivity index (χ0v) is 11.5. The molecule has 1 unspecified atom stereocenters. The van der Waals surface area contributed by atoms with Crippen molar-refractivity contribution in [2.75, 3.05) is 19.7 Å². The maximum atomic E-state index is 13.4. The number of carbonyl (C=O) groups excluding carboxylic acids is 1. The summed E-state index contributed by atoms with van der Waals surface area (Å²) in [6.45, 7) is 2.39. The molecule has 21 heavy (non-hydrogen) atoms. The number of piperidine rings is 1. The third kappa shape index (κ3) is 3.46. The predicted molar refractivity (Wildman–Crippen MR) is 66.7 cm³/mol. The van der Waals surface area contributed by atoms with Crippen molar-refractivity contribution in [1.29, 1.82) is 0 Å². The fourth-order valence-electron chi connectivity index (χ4n) is 2.32. The van der Waals surface area contributed by atoms with Crippen LogP contribution in [0.2, 0.25) is 0 Å². The number of ether oxygens (including phenoxy) is 1. The Morgan fingerprint density at radius 2 is 1.90 bits per heavy atom. The molecule has 1 amide bonds. The van der Waals surface area contributed by atoms with Gasteiger partial charge in [0.1, 0.15) is 0 Å². The van der Waals surface area contributed by atoms with Crippen LogP contribution in [0.25, 0.3) is 0 Å². The van der Waals surface area contributed by atoms with Gasteiger partial charge in [-0.25, -0.2) is 8.78 Å². The third-order valence-corrected chi connectivity index (χ3v) is 3.42. The molecule has 1 aliphatic rings. The standard InChI is InChI=1S/C14H15F4NO2/c1-8-3-2-4-19(6-8)11(20)7-21-14-12(17)9(15)5-10(16)13(14)18/h5,8H,2-4,6-7H2,1H3. The summed E-state index contributed by atoms with van der Waals surface area (Å²) in [7, 11) is 0. The Balaban J connectivity index is 2.04. The first-order valence-corrected chi connectivity index (χ1v) is 6.63. The molecule has 3 nitrogen and oxygen atoms in total. The first-order valence-electron chi connectivity index (χ1n) is 6.63. The highest BCUT2D eigenvalue weighted by Crippen LogP contribution is 2.26. The molecular weight excluding hydrogens is 290 g/mol. The summed E-state index contributed by atoms with van der Waals surface area (Å²) in [5, 5.41) is 0. The smallest absolute Gasteiger partial charge is 0.260 e. The molecule has 1 saturated heterocycles. The molecule has 1 aromatic carbocycles. The van der Waals surface area contributed by atoms with Gasteiger partial charge < -0.3 is 9.64 Å². The maximum absolute atomic E-state index is 13.4. The Labute approximate surface area is 119 Å². The van der Waals surface area contributed by atoms with Gasteiger partial charge in [-0.15, -0.1) is 0 Å². The van der Waals surface area contributed by atoms with Crippen molar-refractivity contribution in [1.82, 2.24) is 4.90 Å². The highest BCUT2D eigenvalue weighted by Gasteiger charge is 2.24. The van der Waals surface area contributed by atoms with E-state index >= 15 is 0 Å². The highest BCUT2D eigenvalue weighted by atomic mass is 19.2. The van der Waals surface area contributed by atoms with Gasteiger partial charge in [-0.05, 0) is 18.8 Å². The molecule has 116 valence electrons. The van der Waals surface area contributed by atoms with Gasteiger partial charge in [0.2, 0.25) is 11.6 Å². The van der Waals surface area contributed by atoms with E-state index in [0.29, 0.717) is 19.0 Å². The van der Waals surface area contributed by atoms with E-state index in [1.165, 1.54) is 4.90 Å². The van der Waals surface area contributed by atoms with E-state index in [1.54, 1.807) is 0 Å². The summed E-state index contributed by atoms with van der Waals surface area (Å²) in [5.74, 6) is -7.76. The number of halogens is 4. The van der Waals surface area contributed by atoms with Crippen LogP contribution in [0.1, 0.15) is 19.8 Å². The molecule has 1 aromatic rings. The van der Waals surface area contributed by atoms with Gasteiger partial charge in [0, 0.05) is 19.2 Å². The maximum Gasteiger partial charge on any atom is 0.260 e. The number of nitrogens with zero attached hydrogens (tertiary/aromatic N) is 1. The lowest BCUT2D eigenvalue weighted by atomic mass is 10.0. The van der Waals surface area contributed by atoms with Crippen molar-refractivity contribution in [3.8, 4) is 5.75 Å². The van der Waals surface area contributed by atoms with Crippen LogP contribution in [0.5, 0.6) is 5.75 Å². The van der Waals surface area contributed by atoms with E-state index in [-0.39, 0.29) is 6.07 Å². The minimum atomic E-state index is -1.64. The van der Waals surface area contributed by atoms with E-state index in [1.807, 2.05) is 6.92 Å². The molecule has 1 aliphatic heterocycles. The molecular formula is C14H15F4NO2. The minimum absolute atomic E-state index is 0.0890. The highest BCUT2D eigenvalue weighted by molar-refractivity contribution is 5.77. The molecule has 0 saturated carbocycles. The average molecular weight is 305 g/mol. The number of likely N-dealkylation sites (tertiary alicyclic amines) is 1. The Kier molecular flexibility index (Phi) is 4.69. The summed E-state index contributed by atoms with van der Waals surface area (Å²) in [6, 6.07) is 0.0890. The SMILES string of the molecule is CC1CCCN(C(=O)COc2c(F)c(F)cc(F)c2F)C1. The molecule has 2 rings (SSSR count). The largest absolute Gasteiger partial charge is 0.477 e. The molecule has 0 spiro atoms. The summed E-state index contributed by atoms with van der Waals surface area (Å²) in [6.07, 6.45) is 1.84. The number of amides is 1. The number of carbonyl (C=O) groups is 1. The molecule has 0 aromatic heterocycles. The minimum Gasteiger partial charge on any atom is -0.477 e. The van der Waals surface area contributed by atoms with E-state index in [4.69, 9.17) is 0 Å². The van der Waals surface area contributed by atoms with Crippen molar-refractivity contribution in [3.63, 3.8) is 0 Å². The van der Waals surface area contributed by atoms with Crippen molar-refractivity contribution in [3.05, 3.63) is 29.3 Å². The number of hydrogen-bond donors (Lipinski definition) is 0. The zero-order chi connectivity index (χ0) is 15.6. The molecule has 0 bridgehead atoms. The van der Waals surface area contributed by atoms with Crippen molar-refractivity contribution < 1.29 is 27.1 Å². The lowest BCUT2D eigenvalue weighted by molar-refractivity contribution is -0.135. The van der Waals surface area contributed by atoms with Crippen LogP contribution in [0.3, 0.4) is 0 Å². The van der Waals surface area contributed by atoms with E-state index in [2.05, 4.69) is 4.74 Å². The first-order chi connectivity index (χ1) is 9.90. The van der Waals surface area contributed by atoms with E-state index < -0.39 is 41.5 Å². The second-order valence-corrected chi connectivity index (χ2v) is 5.17. The topological polar surface area (TPSA) is 29.5 Å². The van der Waals surface area contributed by atoms with Gasteiger partial charge in [0.05, 0.1) is 0 Å². The predicted octanol–water partition coefficient (Wildman–Crippen LogP) is 2.88. The quantitative estimate of drug-likeness (QED) is 0.635. The Morgan fingerprint density at radius 1 is 1.29 bits per heavy atom. The van der Waals surface area contributed by atoms with Crippen LogP contribution in [0, 0.1) is 29.2 Å². The molecule has 0 radical (unpaired) electrons. The van der Waals surface area contributed by atoms with Crippen LogP contribution in [0.15, 0.2) is 6.07 Å². The van der Waals surface area contributed by atoms with Gasteiger partial charge in [-0.3, -0.25) is 4.79 Å². The number of benzene rings is 1. The monoisotopic (exact) mass is 305 g/mol. The van der Waals surface area contributed by atoms with E-state index in [0.717, 1.165) is 12.8 Å². The molecule has 7 heteroatoms. The van der Waals surface area contributed by atoms with Gasteiger partial charge in [0.25, 0.3) is 5.91 Å². The Hall–Kier alpha value is -1.79. The number of hydrogen-bond acceptors (Lipinski definition) is 2. The van der Waals surface area contributed by atoms with Crippen molar-refractivity contribution in [2.45, 2.75) is 19.8 Å². The Morgan fingerprint density at radius 3 is 2.48 bits per heavy atom. The summed E-state index contributed by atoms with van der Waals surface area (Å²) >= 11 is 0. The normalized spacial score (nSPS) is 18.7. The van der Waals surface area contributed by atoms with Crippen LogP contribution >= 0.6 is 0 Å². The van der Waals surface area contributed by atoms with Crippen molar-refractivity contribution >= 4 is 5.91 Å². The van der Waals surface area contributed by atoms with E-state index in [9.17, 15) is 22.4 Å². The molecule has 1 fully saturated rings. The van der Waals surface area contributed by atoms with Gasteiger partial charge in [0.15, 0.2) is 24.0 Å². The molecule has 0 aliphatic carbocycles. The Bertz CT molecular complexity index is 524. The fourth-order valence-corrected chi connectivity index (χ4v) is 2.32. The molecule has 0 N–H and O–H groups in total. The second-order valence-electron chi connectivity index (χ2n) is 5.17. The summed E-state index contributed by atoms with van der Waals surface area (Å²) in [4.78, 5) is 13.4. The summed E-state index contributed by atoms with van der Waals surface area (Å²) in [5.41, 5.74) is 0. The molecule has 1 heterocycles. The third-order valence-electron chi connectivity index (χ3n) is 3.42. The lowest BCUT2D eigenvalue weighted by Gasteiger charge is -2.30. The van der Waals surface area contributed by atoms with Gasteiger partial charge in [-0.2, -0.15) is 8.78 Å². The van der Waals surface area contributed by atoms with Crippen LogP contribution in [0.4, 0.5) is 17.6 Å². The van der Waals surface area contributed by atoms with Crippen molar-refractivity contribution in [2.24, 2.45) is 5.92 Å². The molecule has 1 atom stereocenters. The fraction of sp³-hybridized carbons (Fsp3) is 0.500. The lowest BCUT2D eigenvalue weighted by Crippen LogP contribution is -2.41. The number of rotatable bonds is 3. The second kappa shape index (κ2) is 6.32. The van der Waals surface area contributed by atoms with Crippen LogP contribution in [-0.2, 0) is 4.79 Å². The summed E-state index contributed by atoms with van der Waals surface area (Å²) < 4.78 is 57.4. The first kappa shape index (κ1) is 15.6. The zero-order valence-electron chi connectivity index (χ0n) is 11.5.